The lowest BCUT2D eigenvalue weighted by Gasteiger charge is -2.21. The fourth-order valence-corrected chi connectivity index (χ4v) is 3.49. The Bertz CT molecular complexity index is 1000. The molecule has 0 aliphatic heterocycles. The molecule has 3 aromatic rings. The molecule has 0 heterocycles. The minimum atomic E-state index is 0.769. The molecule has 3 aromatic carbocycles. The van der Waals surface area contributed by atoms with Gasteiger partial charge in [0.1, 0.15) is 0 Å². The zero-order chi connectivity index (χ0) is 17.2. The van der Waals surface area contributed by atoms with E-state index >= 15 is 0 Å². The highest BCUT2D eigenvalue weighted by Gasteiger charge is 2.15. The average Bonchev–Trinajstić information content (AvgIpc) is 2.66. The van der Waals surface area contributed by atoms with Crippen molar-refractivity contribution in [3.8, 4) is 0 Å². The van der Waals surface area contributed by atoms with Gasteiger partial charge in [-0.25, -0.2) is 0 Å². The Morgan fingerprint density at radius 3 is 2.60 bits per heavy atom. The van der Waals surface area contributed by atoms with Gasteiger partial charge in [-0.1, -0.05) is 79.9 Å². The van der Waals surface area contributed by atoms with Gasteiger partial charge < -0.3 is 5.32 Å². The summed E-state index contributed by atoms with van der Waals surface area (Å²) >= 11 is 0. The quantitative estimate of drug-likeness (QED) is 0.655. The van der Waals surface area contributed by atoms with Crippen LogP contribution in [0.25, 0.3) is 16.3 Å². The SMILES string of the molecule is C=C(NCc1cccc2ccccc12)C1=CC(=C)c2ccccc2C1. The maximum absolute atomic E-state index is 4.26. The summed E-state index contributed by atoms with van der Waals surface area (Å²) in [5.41, 5.74) is 7.10. The molecule has 0 atom stereocenters. The molecule has 0 fully saturated rings. The normalized spacial score (nSPS) is 13.3. The van der Waals surface area contributed by atoms with Gasteiger partial charge in [0.25, 0.3) is 0 Å². The average molecular weight is 323 g/mol. The Morgan fingerprint density at radius 1 is 0.920 bits per heavy atom. The van der Waals surface area contributed by atoms with Crippen LogP contribution >= 0.6 is 0 Å². The Hall–Kier alpha value is -3.06. The van der Waals surface area contributed by atoms with Crippen LogP contribution in [0.1, 0.15) is 16.7 Å². The highest BCUT2D eigenvalue weighted by Crippen LogP contribution is 2.30. The molecule has 1 N–H and O–H groups in total. The fraction of sp³-hybridized carbons (Fsp3) is 0.0833. The summed E-state index contributed by atoms with van der Waals surface area (Å²) in [6, 6.07) is 23.4. The molecule has 1 nitrogen and oxygen atoms in total. The zero-order valence-electron chi connectivity index (χ0n) is 14.3. The van der Waals surface area contributed by atoms with Gasteiger partial charge in [0.05, 0.1) is 0 Å². The van der Waals surface area contributed by atoms with Crippen molar-refractivity contribution in [1.82, 2.24) is 5.32 Å². The molecule has 1 aliphatic rings. The maximum Gasteiger partial charge on any atom is 0.0406 e. The van der Waals surface area contributed by atoms with Crippen LogP contribution in [0.3, 0.4) is 0 Å². The number of allylic oxidation sites excluding steroid dienone is 3. The van der Waals surface area contributed by atoms with E-state index in [1.807, 2.05) is 0 Å². The summed E-state index contributed by atoms with van der Waals surface area (Å²) in [6.07, 6.45) is 3.05. The lowest BCUT2D eigenvalue weighted by Crippen LogP contribution is -2.16. The van der Waals surface area contributed by atoms with Gasteiger partial charge in [-0.2, -0.15) is 0 Å². The molecule has 122 valence electrons. The monoisotopic (exact) mass is 323 g/mol. The lowest BCUT2D eigenvalue weighted by molar-refractivity contribution is 0.818. The topological polar surface area (TPSA) is 12.0 Å². The van der Waals surface area contributed by atoms with E-state index in [-0.39, 0.29) is 0 Å². The lowest BCUT2D eigenvalue weighted by atomic mass is 9.87. The van der Waals surface area contributed by atoms with Crippen LogP contribution in [0.15, 0.2) is 97.2 Å². The molecule has 0 radical (unpaired) electrons. The van der Waals surface area contributed by atoms with Crippen LogP contribution in [0, 0.1) is 0 Å². The minimum absolute atomic E-state index is 0.769. The Balaban J connectivity index is 1.52. The van der Waals surface area contributed by atoms with E-state index < -0.39 is 0 Å². The molecule has 25 heavy (non-hydrogen) atoms. The second-order valence-electron chi connectivity index (χ2n) is 6.50. The van der Waals surface area contributed by atoms with Crippen molar-refractivity contribution in [2.24, 2.45) is 0 Å². The van der Waals surface area contributed by atoms with Crippen molar-refractivity contribution in [3.63, 3.8) is 0 Å². The van der Waals surface area contributed by atoms with E-state index in [0.717, 1.165) is 24.2 Å². The molecule has 0 amide bonds. The standard InChI is InChI=1S/C24H21N/c1-17-14-22(15-20-9-4-5-12-23(17)20)18(2)25-16-21-11-7-10-19-8-3-6-13-24(19)21/h3-14,25H,1-2,15-16H2. The van der Waals surface area contributed by atoms with Crippen LogP contribution in [-0.2, 0) is 13.0 Å². The van der Waals surface area contributed by atoms with Gasteiger partial charge in [0.2, 0.25) is 0 Å². The van der Waals surface area contributed by atoms with E-state index in [1.54, 1.807) is 0 Å². The predicted octanol–water partition coefficient (Wildman–Crippen LogP) is 5.64. The highest BCUT2D eigenvalue weighted by atomic mass is 14.9. The summed E-state index contributed by atoms with van der Waals surface area (Å²) in [7, 11) is 0. The second kappa shape index (κ2) is 6.45. The van der Waals surface area contributed by atoms with Crippen LogP contribution < -0.4 is 5.32 Å². The Labute approximate surface area is 149 Å². The van der Waals surface area contributed by atoms with Crippen LogP contribution in [0.2, 0.25) is 0 Å². The van der Waals surface area contributed by atoms with Gasteiger partial charge in [-0.3, -0.25) is 0 Å². The van der Waals surface area contributed by atoms with Crippen molar-refractivity contribution < 1.29 is 0 Å². The van der Waals surface area contributed by atoms with Crippen molar-refractivity contribution in [2.45, 2.75) is 13.0 Å². The molecule has 0 saturated carbocycles. The number of nitrogens with one attached hydrogen (secondary N) is 1. The summed E-state index contributed by atoms with van der Waals surface area (Å²) < 4.78 is 0. The smallest absolute Gasteiger partial charge is 0.0406 e. The molecule has 0 spiro atoms. The minimum Gasteiger partial charge on any atom is -0.381 e. The van der Waals surface area contributed by atoms with E-state index in [2.05, 4.69) is 91.3 Å². The zero-order valence-corrected chi connectivity index (χ0v) is 14.3. The first-order valence-corrected chi connectivity index (χ1v) is 8.60. The second-order valence-corrected chi connectivity index (χ2v) is 6.50. The number of benzene rings is 3. The Morgan fingerprint density at radius 2 is 1.68 bits per heavy atom. The summed E-state index contributed by atoms with van der Waals surface area (Å²) in [5, 5.41) is 6.07. The van der Waals surface area contributed by atoms with Gasteiger partial charge in [-0.05, 0) is 44.7 Å². The van der Waals surface area contributed by atoms with Crippen molar-refractivity contribution >= 4 is 16.3 Å². The number of hydrogen-bond donors (Lipinski definition) is 1. The molecule has 0 bridgehead atoms. The molecular weight excluding hydrogens is 302 g/mol. The number of hydrogen-bond acceptors (Lipinski definition) is 1. The van der Waals surface area contributed by atoms with Crippen LogP contribution in [0.4, 0.5) is 0 Å². The van der Waals surface area contributed by atoms with Crippen LogP contribution in [0.5, 0.6) is 0 Å². The van der Waals surface area contributed by atoms with Crippen molar-refractivity contribution in [1.29, 1.82) is 0 Å². The van der Waals surface area contributed by atoms with Gasteiger partial charge in [0.15, 0.2) is 0 Å². The van der Waals surface area contributed by atoms with Crippen molar-refractivity contribution in [2.75, 3.05) is 0 Å². The first-order chi connectivity index (χ1) is 12.2. The number of rotatable bonds is 4. The molecule has 1 heteroatoms. The first kappa shape index (κ1) is 15.5. The van der Waals surface area contributed by atoms with E-state index in [9.17, 15) is 0 Å². The Kier molecular flexibility index (Phi) is 3.99. The van der Waals surface area contributed by atoms with E-state index in [4.69, 9.17) is 0 Å². The van der Waals surface area contributed by atoms with E-state index in [1.165, 1.54) is 33.0 Å². The van der Waals surface area contributed by atoms with Gasteiger partial charge >= 0.3 is 0 Å². The summed E-state index contributed by atoms with van der Waals surface area (Å²) in [4.78, 5) is 0. The summed E-state index contributed by atoms with van der Waals surface area (Å²) in [5.74, 6) is 0. The molecule has 4 rings (SSSR count). The summed E-state index contributed by atoms with van der Waals surface area (Å²) in [6.45, 7) is 9.23. The third-order valence-electron chi connectivity index (χ3n) is 4.85. The van der Waals surface area contributed by atoms with Crippen molar-refractivity contribution in [3.05, 3.63) is 114 Å². The maximum atomic E-state index is 4.26. The van der Waals surface area contributed by atoms with Gasteiger partial charge in [-0.15, -0.1) is 0 Å². The molecule has 0 aromatic heterocycles. The van der Waals surface area contributed by atoms with E-state index in [0.29, 0.717) is 0 Å². The highest BCUT2D eigenvalue weighted by molar-refractivity contribution is 5.85. The van der Waals surface area contributed by atoms with Crippen LogP contribution in [-0.4, -0.2) is 0 Å². The predicted molar refractivity (Wildman–Crippen MR) is 107 cm³/mol. The molecule has 0 saturated heterocycles. The third-order valence-corrected chi connectivity index (χ3v) is 4.85. The first-order valence-electron chi connectivity index (χ1n) is 8.60. The fourth-order valence-electron chi connectivity index (χ4n) is 3.49. The largest absolute Gasteiger partial charge is 0.381 e. The molecular formula is C24H21N. The number of fused-ring (bicyclic) bond motifs is 2. The molecule has 0 unspecified atom stereocenters. The van der Waals surface area contributed by atoms with Gasteiger partial charge in [0, 0.05) is 18.7 Å². The third kappa shape index (κ3) is 3.01. The molecule has 1 aliphatic carbocycles.